The summed E-state index contributed by atoms with van der Waals surface area (Å²) >= 11 is 13.3. The minimum absolute atomic E-state index is 0. The van der Waals surface area contributed by atoms with Crippen molar-refractivity contribution in [3.05, 3.63) is 175 Å². The second-order valence-corrected chi connectivity index (χ2v) is 33.3. The molecule has 0 saturated heterocycles. The van der Waals surface area contributed by atoms with E-state index in [4.69, 9.17) is 42.5 Å². The number of halogens is 4. The van der Waals surface area contributed by atoms with Crippen LogP contribution in [0.25, 0.3) is 66.6 Å². The number of aldehydes is 1. The zero-order chi connectivity index (χ0) is 58.3. The van der Waals surface area contributed by atoms with Crippen LogP contribution in [0.15, 0.2) is 135 Å². The number of nitrogens with zero attached hydrogens (tertiary/aromatic N) is 14. The Hall–Kier alpha value is -5.62. The number of hydrogen-bond acceptors (Lipinski definition) is 14. The van der Waals surface area contributed by atoms with Gasteiger partial charge in [-0.15, -0.1) is 0 Å². The SMILES string of the molecule is CCC[CH2][Sn]([CH2]CCC)([CH2]CCC)[c]1cncn1C.Cc1nc(-c2cncn2C)nc2ccccc12.Cc1nc(Cl)nc2ccccc12.Clc1nc(Cl)c2ccccc2n1.Cn1cncc1-c1nc(C=O)c2ccccc2n1.O=[Se]=O.[CH3-].[Cl-].[Mg+2]. The van der Waals surface area contributed by atoms with E-state index >= 15 is 0 Å². The maximum atomic E-state index is 11.1. The molecule has 0 saturated carbocycles. The van der Waals surface area contributed by atoms with Gasteiger partial charge in [0.2, 0.25) is 10.6 Å². The molecule has 11 aromatic rings. The van der Waals surface area contributed by atoms with Gasteiger partial charge in [-0.05, 0) is 67.4 Å². The fraction of sp³-hybridized carbons (Fsp3) is 0.283. The number of carbonyl (C=O) groups excluding carboxylic acids is 1. The summed E-state index contributed by atoms with van der Waals surface area (Å²) in [5.41, 5.74) is 7.41. The van der Waals surface area contributed by atoms with Crippen LogP contribution in [0.2, 0.25) is 29.0 Å². The van der Waals surface area contributed by atoms with E-state index in [1.807, 2.05) is 140 Å². The first-order valence-corrected chi connectivity index (χ1v) is 36.5. The van der Waals surface area contributed by atoms with Crippen molar-refractivity contribution in [2.45, 2.75) is 86.5 Å². The van der Waals surface area contributed by atoms with Crippen molar-refractivity contribution < 1.29 is 24.9 Å². The van der Waals surface area contributed by atoms with Gasteiger partial charge in [-0.25, -0.2) is 49.8 Å². The summed E-state index contributed by atoms with van der Waals surface area (Å²) in [5.74, 6) is 1.23. The largest absolute Gasteiger partial charge is 2.00 e. The molecule has 0 aliphatic rings. The van der Waals surface area contributed by atoms with E-state index in [0.29, 0.717) is 22.0 Å². The van der Waals surface area contributed by atoms with Crippen LogP contribution in [0.1, 0.15) is 81.2 Å². The molecule has 0 N–H and O–H groups in total. The summed E-state index contributed by atoms with van der Waals surface area (Å²) in [6.07, 6.45) is 20.2. The molecule has 0 radical (unpaired) electrons. The number of hydrogen-bond donors (Lipinski definition) is 0. The van der Waals surface area contributed by atoms with Crippen LogP contribution in [-0.4, -0.2) is 131 Å². The standard InChI is InChI=1S/C13H10N4O.C13H12N4.C9H7ClN2.C8H4Cl2N2.C4H5N2.3C4H9.CH3.ClH.Mg.O2Se.Sn/c1-17-8-14-6-12(17)13-15-10-5-3-2-4-9(10)11(7-18)16-13;1-9-10-5-3-4-6-11(10)16-13(15-9)12-7-14-8-17(12)2;1-6-7-4-2-3-5-8(7)12-9(10)11-6;9-7-5-3-1-2-4-6(5)11-8(10)12-7;1-6-3-2-5-4-6;3*1-3-4-2;;;;1-3-2;/h2-8H,1H3;3-8H,1-2H3;2-5H,1H3;1-4H;2,4H,1H3;3*1,3-4H2,2H3;1H3;1H;;;/q;;;;;;;;-1;;+2;;/p-1. The van der Waals surface area contributed by atoms with Gasteiger partial charge in [-0.2, -0.15) is 0 Å². The summed E-state index contributed by atoms with van der Waals surface area (Å²) in [4.78, 5) is 57.5. The molecule has 0 fully saturated rings. The fourth-order valence-corrected chi connectivity index (χ4v) is 26.3. The predicted octanol–water partition coefficient (Wildman–Crippen LogP) is 10.6. The number of para-hydroxylation sites is 4. The molecule has 17 nitrogen and oxygen atoms in total. The van der Waals surface area contributed by atoms with Gasteiger partial charge >= 0.3 is 169 Å². The number of unbranched alkanes of at least 4 members (excludes halogenated alkanes) is 3. The van der Waals surface area contributed by atoms with Crippen LogP contribution < -0.4 is 16.1 Å². The number of imidazole rings is 3. The Morgan fingerprint density at radius 3 is 1.30 bits per heavy atom. The molecule has 84 heavy (non-hydrogen) atoms. The van der Waals surface area contributed by atoms with Gasteiger partial charge in [0.25, 0.3) is 0 Å². The van der Waals surface area contributed by atoms with E-state index in [2.05, 4.69) is 93.4 Å². The quantitative estimate of drug-likeness (QED) is 0.0346. The zero-order valence-corrected chi connectivity index (χ0v) is 57.8. The molecule has 7 heterocycles. The molecule has 0 aliphatic heterocycles. The Bertz CT molecular complexity index is 3760. The maximum Gasteiger partial charge on any atom is 2.00 e. The third-order valence-corrected chi connectivity index (χ3v) is 29.6. The van der Waals surface area contributed by atoms with E-state index in [0.717, 1.165) is 78.5 Å². The summed E-state index contributed by atoms with van der Waals surface area (Å²) in [6, 6.07) is 30.8. The van der Waals surface area contributed by atoms with Gasteiger partial charge in [0.1, 0.15) is 22.2 Å². The van der Waals surface area contributed by atoms with Crippen LogP contribution in [0.3, 0.4) is 0 Å². The normalized spacial score (nSPS) is 10.4. The van der Waals surface area contributed by atoms with Gasteiger partial charge in [0.15, 0.2) is 17.9 Å². The minimum Gasteiger partial charge on any atom is -1.00 e. The molecular weight excluding hydrogens is 1330 g/mol. The Labute approximate surface area is 538 Å². The summed E-state index contributed by atoms with van der Waals surface area (Å²) < 4.78 is 29.2. The van der Waals surface area contributed by atoms with Crippen molar-refractivity contribution in [2.24, 2.45) is 21.1 Å². The van der Waals surface area contributed by atoms with Crippen LogP contribution in [0, 0.1) is 21.3 Å². The average molecular weight is 1400 g/mol. The molecule has 0 spiro atoms. The van der Waals surface area contributed by atoms with Gasteiger partial charge in [-0.3, -0.25) is 4.79 Å². The van der Waals surface area contributed by atoms with E-state index in [1.165, 1.54) is 51.8 Å². The molecule has 24 heteroatoms. The summed E-state index contributed by atoms with van der Waals surface area (Å²) in [5, 5.41) is 4.62. The zero-order valence-electron chi connectivity index (χ0n) is 48.8. The van der Waals surface area contributed by atoms with Crippen molar-refractivity contribution >= 4 is 145 Å². The van der Waals surface area contributed by atoms with Crippen molar-refractivity contribution in [3.8, 4) is 23.0 Å². The van der Waals surface area contributed by atoms with E-state index in [9.17, 15) is 4.79 Å². The topological polar surface area (TPSA) is 208 Å². The predicted molar refractivity (Wildman–Crippen MR) is 339 cm³/mol. The van der Waals surface area contributed by atoms with Gasteiger partial charge in [-0.1, -0.05) is 78.3 Å². The molecule has 0 bridgehead atoms. The molecule has 436 valence electrons. The van der Waals surface area contributed by atoms with E-state index in [-0.39, 0.29) is 48.2 Å². The van der Waals surface area contributed by atoms with Gasteiger partial charge in [0, 0.05) is 41.3 Å². The third kappa shape index (κ3) is 20.0. The molecule has 4 aromatic carbocycles. The van der Waals surface area contributed by atoms with Crippen molar-refractivity contribution in [2.75, 3.05) is 0 Å². The number of carbonyl (C=O) groups is 1. The van der Waals surface area contributed by atoms with Gasteiger partial charge < -0.3 is 29.0 Å². The van der Waals surface area contributed by atoms with Crippen molar-refractivity contribution in [1.29, 1.82) is 0 Å². The minimum atomic E-state index is -2.19. The van der Waals surface area contributed by atoms with Crippen LogP contribution >= 0.6 is 34.8 Å². The first-order chi connectivity index (χ1) is 39.2. The second kappa shape index (κ2) is 37.1. The van der Waals surface area contributed by atoms with Crippen LogP contribution in [0.4, 0.5) is 0 Å². The second-order valence-electron chi connectivity index (χ2n) is 18.9. The monoisotopic (exact) mass is 1400 g/mol. The van der Waals surface area contributed by atoms with E-state index < -0.39 is 33.2 Å². The molecule has 0 amide bonds. The van der Waals surface area contributed by atoms with Crippen LogP contribution in [0.5, 0.6) is 0 Å². The van der Waals surface area contributed by atoms with Crippen LogP contribution in [-0.2, 0) is 28.8 Å². The first-order valence-electron chi connectivity index (χ1n) is 26.4. The van der Waals surface area contributed by atoms with E-state index in [1.54, 1.807) is 28.8 Å². The molecule has 0 unspecified atom stereocenters. The number of aromatic nitrogens is 14. The van der Waals surface area contributed by atoms with Crippen molar-refractivity contribution in [1.82, 2.24) is 68.5 Å². The van der Waals surface area contributed by atoms with Gasteiger partial charge in [0.05, 0.1) is 52.8 Å². The number of fused-ring (bicyclic) bond motifs is 4. The third-order valence-electron chi connectivity index (χ3n) is 13.3. The Balaban J connectivity index is 0.000000272. The molecular formula is C60H68Cl4MgN14O3SeSn. The summed E-state index contributed by atoms with van der Waals surface area (Å²) in [7, 11) is 6.01. The smallest absolute Gasteiger partial charge is 1.00 e. The summed E-state index contributed by atoms with van der Waals surface area (Å²) in [6.45, 7) is 10.9. The average Bonchev–Trinajstić information content (AvgIpc) is 4.17. The number of benzene rings is 4. The molecule has 0 atom stereocenters. The molecule has 7 aromatic heterocycles. The van der Waals surface area contributed by atoms with Crippen molar-refractivity contribution in [3.63, 3.8) is 0 Å². The maximum absolute atomic E-state index is 11.1. The Morgan fingerprint density at radius 1 is 0.500 bits per heavy atom. The fourth-order valence-electron chi connectivity index (χ4n) is 9.18. The molecule has 11 rings (SSSR count). The molecule has 0 aliphatic carbocycles. The number of rotatable bonds is 13. The number of aryl methyl sites for hydroxylation is 5. The Kier molecular flexibility index (Phi) is 32.0. The first kappa shape index (κ1) is 72.6. The Morgan fingerprint density at radius 2 is 0.869 bits per heavy atom.